The molecule has 3 aromatic rings. The number of carbonyl (C=O) groups is 1. The third kappa shape index (κ3) is 6.55. The summed E-state index contributed by atoms with van der Waals surface area (Å²) in [4.78, 5) is 12.6. The zero-order chi connectivity index (χ0) is 22.2. The minimum absolute atomic E-state index is 0.0623. The Morgan fingerprint density at radius 2 is 1.65 bits per heavy atom. The highest BCUT2D eigenvalue weighted by Crippen LogP contribution is 2.30. The predicted octanol–water partition coefficient (Wildman–Crippen LogP) is 6.26. The molecule has 0 unspecified atom stereocenters. The molecule has 0 radical (unpaired) electrons. The third-order valence-corrected chi connectivity index (χ3v) is 6.17. The van der Waals surface area contributed by atoms with E-state index in [0.717, 1.165) is 29.6 Å². The lowest BCUT2D eigenvalue weighted by molar-refractivity contribution is -0.117. The molecule has 0 spiro atoms. The second kappa shape index (κ2) is 11.3. The van der Waals surface area contributed by atoms with Gasteiger partial charge in [-0.25, -0.2) is 0 Å². The first-order valence-corrected chi connectivity index (χ1v) is 11.8. The van der Waals surface area contributed by atoms with Gasteiger partial charge in [0.1, 0.15) is 24.0 Å². The molecule has 4 nitrogen and oxygen atoms in total. The first-order valence-electron chi connectivity index (χ1n) is 9.61. The first-order chi connectivity index (χ1) is 15.0. The Morgan fingerprint density at radius 3 is 2.23 bits per heavy atom. The van der Waals surface area contributed by atoms with Crippen molar-refractivity contribution in [2.45, 2.75) is 19.6 Å². The maximum absolute atomic E-state index is 12.6. The van der Waals surface area contributed by atoms with E-state index in [-0.39, 0.29) is 11.6 Å². The molecule has 0 aliphatic carbocycles. The number of nitrogens with one attached hydrogen (secondary N) is 1. The summed E-state index contributed by atoms with van der Waals surface area (Å²) in [6, 6.07) is 25.3. The van der Waals surface area contributed by atoms with E-state index in [1.165, 1.54) is 0 Å². The largest absolute Gasteiger partial charge is 0.487 e. The molecule has 3 aromatic carbocycles. The van der Waals surface area contributed by atoms with Gasteiger partial charge in [-0.1, -0.05) is 60.7 Å². The normalized spacial score (nSPS) is 12.0. The number of hydrogen-bond acceptors (Lipinski definition) is 3. The Balaban J connectivity index is 1.74. The van der Waals surface area contributed by atoms with Gasteiger partial charge in [-0.15, -0.1) is 0 Å². The van der Waals surface area contributed by atoms with Crippen LogP contribution in [-0.2, 0) is 11.4 Å². The molecule has 0 saturated carbocycles. The smallest absolute Gasteiger partial charge is 0.262 e. The summed E-state index contributed by atoms with van der Waals surface area (Å²) in [5.74, 6) is 0.399. The molecule has 0 aliphatic rings. The predicted molar refractivity (Wildman–Crippen MR) is 139 cm³/mol. The Bertz CT molecular complexity index is 1100. The van der Waals surface area contributed by atoms with Gasteiger partial charge in [-0.3, -0.25) is 4.79 Å². The van der Waals surface area contributed by atoms with E-state index in [0.29, 0.717) is 6.61 Å². The molecule has 0 bridgehead atoms. The molecule has 3 rings (SSSR count). The van der Waals surface area contributed by atoms with Crippen LogP contribution in [0.2, 0.25) is 0 Å². The molecule has 0 heterocycles. The SMILES string of the molecule is C[C@@H](NC(=O)/C(C#N)=C/c1cc(I)c(OCc2ccccc2)c(I)c1)c1ccccc1. The second-order valence-electron chi connectivity index (χ2n) is 6.86. The first kappa shape index (κ1) is 23.3. The van der Waals surface area contributed by atoms with Crippen LogP contribution in [0.1, 0.15) is 29.7 Å². The number of hydrogen-bond donors (Lipinski definition) is 1. The number of nitriles is 1. The van der Waals surface area contributed by atoms with E-state index in [1.54, 1.807) is 6.08 Å². The van der Waals surface area contributed by atoms with Crippen LogP contribution < -0.4 is 10.1 Å². The fraction of sp³-hybridized carbons (Fsp3) is 0.120. The molecular formula is C25H20I2N2O2. The van der Waals surface area contributed by atoms with Gasteiger partial charge in [0.25, 0.3) is 5.91 Å². The lowest BCUT2D eigenvalue weighted by Crippen LogP contribution is -2.27. The highest BCUT2D eigenvalue weighted by atomic mass is 127. The Morgan fingerprint density at radius 1 is 1.06 bits per heavy atom. The number of benzene rings is 3. The van der Waals surface area contributed by atoms with Gasteiger partial charge in [0, 0.05) is 0 Å². The molecule has 31 heavy (non-hydrogen) atoms. The van der Waals surface area contributed by atoms with Crippen LogP contribution in [0.15, 0.2) is 78.4 Å². The van der Waals surface area contributed by atoms with Crippen molar-refractivity contribution in [3.63, 3.8) is 0 Å². The number of amides is 1. The van der Waals surface area contributed by atoms with E-state index in [1.807, 2.05) is 85.8 Å². The third-order valence-electron chi connectivity index (χ3n) is 4.57. The van der Waals surface area contributed by atoms with E-state index < -0.39 is 5.91 Å². The Kier molecular flexibility index (Phi) is 8.49. The highest BCUT2D eigenvalue weighted by molar-refractivity contribution is 14.1. The van der Waals surface area contributed by atoms with Crippen molar-refractivity contribution < 1.29 is 9.53 Å². The zero-order valence-corrected chi connectivity index (χ0v) is 21.1. The lowest BCUT2D eigenvalue weighted by Gasteiger charge is -2.14. The van der Waals surface area contributed by atoms with Crippen LogP contribution in [0.25, 0.3) is 6.08 Å². The number of rotatable bonds is 7. The van der Waals surface area contributed by atoms with Crippen LogP contribution >= 0.6 is 45.2 Å². The maximum atomic E-state index is 12.6. The standard InChI is InChI=1S/C25H20I2N2O2/c1-17(20-10-6-3-7-11-20)29-25(30)21(15-28)12-19-13-22(26)24(23(27)14-19)31-16-18-8-4-2-5-9-18/h2-14,17H,16H2,1H3,(H,29,30)/b21-12+/t17-/m1/s1. The Labute approximate surface area is 209 Å². The molecular weight excluding hydrogens is 614 g/mol. The van der Waals surface area contributed by atoms with E-state index in [4.69, 9.17) is 4.74 Å². The number of ether oxygens (including phenoxy) is 1. The summed E-state index contributed by atoms with van der Waals surface area (Å²) in [7, 11) is 0. The maximum Gasteiger partial charge on any atom is 0.262 e. The van der Waals surface area contributed by atoms with Gasteiger partial charge in [-0.05, 0) is 87.0 Å². The van der Waals surface area contributed by atoms with Crippen molar-refractivity contribution in [2.24, 2.45) is 0 Å². The quantitative estimate of drug-likeness (QED) is 0.190. The van der Waals surface area contributed by atoms with Gasteiger partial charge in [0.15, 0.2) is 0 Å². The molecule has 0 aromatic heterocycles. The van der Waals surface area contributed by atoms with Crippen molar-refractivity contribution in [2.75, 3.05) is 0 Å². The second-order valence-corrected chi connectivity index (χ2v) is 9.19. The fourth-order valence-corrected chi connectivity index (χ4v) is 5.07. The monoisotopic (exact) mass is 634 g/mol. The zero-order valence-electron chi connectivity index (χ0n) is 16.8. The van der Waals surface area contributed by atoms with Gasteiger partial charge in [-0.2, -0.15) is 5.26 Å². The van der Waals surface area contributed by atoms with Crippen LogP contribution in [0, 0.1) is 18.5 Å². The minimum atomic E-state index is -0.395. The van der Waals surface area contributed by atoms with Crippen LogP contribution in [0.5, 0.6) is 5.75 Å². The summed E-state index contributed by atoms with van der Waals surface area (Å²) in [6.07, 6.45) is 1.61. The summed E-state index contributed by atoms with van der Waals surface area (Å²) in [5.41, 5.74) is 2.92. The molecule has 6 heteroatoms. The highest BCUT2D eigenvalue weighted by Gasteiger charge is 2.15. The van der Waals surface area contributed by atoms with Crippen molar-refractivity contribution in [1.29, 1.82) is 5.26 Å². The fourth-order valence-electron chi connectivity index (χ4n) is 2.95. The molecule has 156 valence electrons. The van der Waals surface area contributed by atoms with Crippen LogP contribution in [0.3, 0.4) is 0 Å². The summed E-state index contributed by atoms with van der Waals surface area (Å²) < 4.78 is 7.85. The topological polar surface area (TPSA) is 62.1 Å². The van der Waals surface area contributed by atoms with Gasteiger partial charge >= 0.3 is 0 Å². The van der Waals surface area contributed by atoms with Crippen LogP contribution in [-0.4, -0.2) is 5.91 Å². The molecule has 0 aliphatic heterocycles. The summed E-state index contributed by atoms with van der Waals surface area (Å²) >= 11 is 4.43. The minimum Gasteiger partial charge on any atom is -0.487 e. The van der Waals surface area contributed by atoms with Crippen molar-refractivity contribution in [1.82, 2.24) is 5.32 Å². The molecule has 1 atom stereocenters. The van der Waals surface area contributed by atoms with Gasteiger partial charge < -0.3 is 10.1 Å². The van der Waals surface area contributed by atoms with Gasteiger partial charge in [0.2, 0.25) is 0 Å². The average molecular weight is 634 g/mol. The van der Waals surface area contributed by atoms with Crippen molar-refractivity contribution in [3.8, 4) is 11.8 Å². The molecule has 1 N–H and O–H groups in total. The van der Waals surface area contributed by atoms with Crippen molar-refractivity contribution in [3.05, 3.63) is 102 Å². The number of halogens is 2. The average Bonchev–Trinajstić information content (AvgIpc) is 2.78. The van der Waals surface area contributed by atoms with E-state index in [2.05, 4.69) is 50.5 Å². The number of carbonyl (C=O) groups excluding carboxylic acids is 1. The molecule has 1 amide bonds. The van der Waals surface area contributed by atoms with Gasteiger partial charge in [0.05, 0.1) is 13.2 Å². The lowest BCUT2D eigenvalue weighted by atomic mass is 10.1. The Hall–Kier alpha value is -2.38. The molecule has 0 saturated heterocycles. The summed E-state index contributed by atoms with van der Waals surface area (Å²) in [5, 5.41) is 12.4. The number of nitrogens with zero attached hydrogens (tertiary/aromatic N) is 1. The van der Waals surface area contributed by atoms with E-state index in [9.17, 15) is 10.1 Å². The van der Waals surface area contributed by atoms with E-state index >= 15 is 0 Å². The molecule has 0 fully saturated rings. The van der Waals surface area contributed by atoms with Crippen molar-refractivity contribution >= 4 is 57.2 Å². The summed E-state index contributed by atoms with van der Waals surface area (Å²) in [6.45, 7) is 2.37. The van der Waals surface area contributed by atoms with Crippen LogP contribution in [0.4, 0.5) is 0 Å².